The summed E-state index contributed by atoms with van der Waals surface area (Å²) in [7, 11) is 0. The minimum Gasteiger partial charge on any atom is -0.352 e. The van der Waals surface area contributed by atoms with Gasteiger partial charge in [0.1, 0.15) is 0 Å². The van der Waals surface area contributed by atoms with Crippen molar-refractivity contribution in [3.8, 4) is 0 Å². The number of amides is 2. The molecule has 0 radical (unpaired) electrons. The van der Waals surface area contributed by atoms with Crippen molar-refractivity contribution in [2.24, 2.45) is 23.2 Å². The van der Waals surface area contributed by atoms with Gasteiger partial charge in [0.25, 0.3) is 5.91 Å². The van der Waals surface area contributed by atoms with E-state index in [9.17, 15) is 9.59 Å². The Hall–Kier alpha value is -1.95. The zero-order chi connectivity index (χ0) is 19.0. The molecular weight excluding hydrogens is 358 g/mol. The van der Waals surface area contributed by atoms with Crippen molar-refractivity contribution in [3.05, 3.63) is 29.8 Å². The fourth-order valence-corrected chi connectivity index (χ4v) is 6.00. The number of nitrogens with one attached hydrogen (secondary N) is 3. The van der Waals surface area contributed by atoms with E-state index in [2.05, 4.69) is 16.0 Å². The quantitative estimate of drug-likeness (QED) is 0.694. The van der Waals surface area contributed by atoms with Gasteiger partial charge in [-0.15, -0.1) is 0 Å². The Morgan fingerprint density at radius 1 is 1.11 bits per heavy atom. The first kappa shape index (κ1) is 18.4. The van der Waals surface area contributed by atoms with Gasteiger partial charge in [-0.25, -0.2) is 0 Å². The number of anilines is 1. The second kappa shape index (κ2) is 7.23. The van der Waals surface area contributed by atoms with Crippen LogP contribution in [0.1, 0.15) is 55.8 Å². The number of carbonyl (C=O) groups is 2. The maximum atomic E-state index is 13.1. The number of rotatable bonds is 4. The van der Waals surface area contributed by atoms with Gasteiger partial charge in [-0.1, -0.05) is 6.07 Å². The van der Waals surface area contributed by atoms with Gasteiger partial charge in [0.15, 0.2) is 5.11 Å². The molecule has 0 aromatic heterocycles. The van der Waals surface area contributed by atoms with E-state index in [1.165, 1.54) is 19.3 Å². The minimum absolute atomic E-state index is 0.0824. The molecule has 5 rings (SSSR count). The number of hydrogen-bond donors (Lipinski definition) is 3. The van der Waals surface area contributed by atoms with Gasteiger partial charge < -0.3 is 16.0 Å². The molecular formula is C21H27N3O2S. The van der Waals surface area contributed by atoms with Crippen LogP contribution >= 0.6 is 12.2 Å². The van der Waals surface area contributed by atoms with Gasteiger partial charge in [0.05, 0.1) is 5.41 Å². The van der Waals surface area contributed by atoms with Crippen LogP contribution in [-0.2, 0) is 4.79 Å². The molecule has 27 heavy (non-hydrogen) atoms. The summed E-state index contributed by atoms with van der Waals surface area (Å²) in [5.41, 5.74) is 1.05. The van der Waals surface area contributed by atoms with Crippen molar-refractivity contribution in [1.82, 2.24) is 10.6 Å². The summed E-state index contributed by atoms with van der Waals surface area (Å²) in [6, 6.07) is 7.14. The highest BCUT2D eigenvalue weighted by Gasteiger charge is 2.54. The van der Waals surface area contributed by atoms with Crippen molar-refractivity contribution in [2.45, 2.75) is 45.4 Å². The molecule has 0 saturated heterocycles. The van der Waals surface area contributed by atoms with Crippen molar-refractivity contribution in [2.75, 3.05) is 11.9 Å². The van der Waals surface area contributed by atoms with Gasteiger partial charge in [-0.2, -0.15) is 0 Å². The summed E-state index contributed by atoms with van der Waals surface area (Å²) in [5.74, 6) is 2.12. The molecule has 4 bridgehead atoms. The monoisotopic (exact) mass is 385 g/mol. The lowest BCUT2D eigenvalue weighted by Crippen LogP contribution is -2.55. The number of benzene rings is 1. The van der Waals surface area contributed by atoms with Gasteiger partial charge in [-0.3, -0.25) is 9.59 Å². The summed E-state index contributed by atoms with van der Waals surface area (Å²) in [6.07, 6.45) is 6.96. The molecule has 0 heterocycles. The van der Waals surface area contributed by atoms with E-state index in [1.807, 2.05) is 13.0 Å². The van der Waals surface area contributed by atoms with Crippen molar-refractivity contribution < 1.29 is 9.59 Å². The highest BCUT2D eigenvalue weighted by atomic mass is 32.1. The predicted octanol–water partition coefficient (Wildman–Crippen LogP) is 3.47. The molecule has 5 nitrogen and oxygen atoms in total. The molecule has 4 aliphatic carbocycles. The van der Waals surface area contributed by atoms with Crippen molar-refractivity contribution in [3.63, 3.8) is 0 Å². The van der Waals surface area contributed by atoms with Gasteiger partial charge in [0.2, 0.25) is 5.91 Å². The zero-order valence-corrected chi connectivity index (χ0v) is 16.5. The molecule has 0 atom stereocenters. The highest BCUT2D eigenvalue weighted by molar-refractivity contribution is 7.80. The summed E-state index contributed by atoms with van der Waals surface area (Å²) in [6.45, 7) is 2.46. The summed E-state index contributed by atoms with van der Waals surface area (Å²) in [5, 5.41) is 9.09. The van der Waals surface area contributed by atoms with E-state index in [0.717, 1.165) is 37.0 Å². The second-order valence-electron chi connectivity index (χ2n) is 8.55. The van der Waals surface area contributed by atoms with Crippen LogP contribution < -0.4 is 16.0 Å². The van der Waals surface area contributed by atoms with E-state index < -0.39 is 0 Å². The van der Waals surface area contributed by atoms with Crippen LogP contribution in [0.15, 0.2) is 24.3 Å². The third-order valence-corrected chi connectivity index (χ3v) is 6.67. The molecule has 144 valence electrons. The SMILES string of the molecule is CCNC(=O)c1cccc(NC(=S)NC(=O)C23CC4CC(CC(C4)C2)C3)c1. The van der Waals surface area contributed by atoms with E-state index >= 15 is 0 Å². The summed E-state index contributed by atoms with van der Waals surface area (Å²) >= 11 is 5.38. The largest absolute Gasteiger partial charge is 0.352 e. The molecule has 2 amide bonds. The Morgan fingerprint density at radius 3 is 2.33 bits per heavy atom. The predicted molar refractivity (Wildman–Crippen MR) is 109 cm³/mol. The third-order valence-electron chi connectivity index (χ3n) is 6.47. The first-order valence-electron chi connectivity index (χ1n) is 9.98. The topological polar surface area (TPSA) is 70.2 Å². The van der Waals surface area contributed by atoms with Crippen molar-refractivity contribution in [1.29, 1.82) is 0 Å². The fraction of sp³-hybridized carbons (Fsp3) is 0.571. The van der Waals surface area contributed by atoms with E-state index in [4.69, 9.17) is 12.2 Å². The molecule has 0 aliphatic heterocycles. The molecule has 0 unspecified atom stereocenters. The molecule has 3 N–H and O–H groups in total. The first-order chi connectivity index (χ1) is 13.0. The Kier molecular flexibility index (Phi) is 4.93. The Bertz CT molecular complexity index is 741. The molecule has 4 aliphatic rings. The Morgan fingerprint density at radius 2 is 1.74 bits per heavy atom. The summed E-state index contributed by atoms with van der Waals surface area (Å²) in [4.78, 5) is 25.0. The summed E-state index contributed by atoms with van der Waals surface area (Å²) < 4.78 is 0. The van der Waals surface area contributed by atoms with E-state index in [1.54, 1.807) is 18.2 Å². The number of hydrogen-bond acceptors (Lipinski definition) is 3. The maximum absolute atomic E-state index is 13.1. The lowest BCUT2D eigenvalue weighted by Gasteiger charge is -2.55. The lowest BCUT2D eigenvalue weighted by molar-refractivity contribution is -0.144. The maximum Gasteiger partial charge on any atom is 0.251 e. The first-order valence-corrected chi connectivity index (χ1v) is 10.4. The van der Waals surface area contributed by atoms with Crippen LogP contribution in [0.4, 0.5) is 5.69 Å². The van der Waals surface area contributed by atoms with E-state index in [0.29, 0.717) is 22.9 Å². The average molecular weight is 386 g/mol. The van der Waals surface area contributed by atoms with Crippen molar-refractivity contribution >= 4 is 34.8 Å². The highest BCUT2D eigenvalue weighted by Crippen LogP contribution is 2.60. The van der Waals surface area contributed by atoms with Crippen LogP contribution in [0.2, 0.25) is 0 Å². The fourth-order valence-electron chi connectivity index (χ4n) is 5.79. The van der Waals surface area contributed by atoms with Crippen LogP contribution in [-0.4, -0.2) is 23.5 Å². The molecule has 4 fully saturated rings. The van der Waals surface area contributed by atoms with Crippen LogP contribution in [0.25, 0.3) is 0 Å². The Labute approximate surface area is 165 Å². The lowest BCUT2D eigenvalue weighted by atomic mass is 9.49. The van der Waals surface area contributed by atoms with Crippen LogP contribution in [0.5, 0.6) is 0 Å². The molecule has 6 heteroatoms. The molecule has 1 aromatic carbocycles. The minimum atomic E-state index is -0.219. The number of thiocarbonyl (C=S) groups is 1. The zero-order valence-electron chi connectivity index (χ0n) is 15.7. The average Bonchev–Trinajstić information content (AvgIpc) is 2.61. The Balaban J connectivity index is 1.39. The van der Waals surface area contributed by atoms with Gasteiger partial charge >= 0.3 is 0 Å². The number of carbonyl (C=O) groups excluding carboxylic acids is 2. The standard InChI is InChI=1S/C21H27N3O2S/c1-2-22-18(25)16-4-3-5-17(9-16)23-20(27)24-19(26)21-10-13-6-14(11-21)8-15(7-13)12-21/h3-5,9,13-15H,2,6-8,10-12H2,1H3,(H,22,25)(H2,23,24,26,27). The van der Waals surface area contributed by atoms with E-state index in [-0.39, 0.29) is 17.2 Å². The smallest absolute Gasteiger partial charge is 0.251 e. The van der Waals surface area contributed by atoms with Gasteiger partial charge in [-0.05, 0) is 93.6 Å². The molecule has 4 saturated carbocycles. The third kappa shape index (κ3) is 3.72. The second-order valence-corrected chi connectivity index (χ2v) is 8.95. The van der Waals surface area contributed by atoms with Crippen LogP contribution in [0, 0.1) is 23.2 Å². The molecule has 1 aromatic rings. The molecule has 0 spiro atoms. The van der Waals surface area contributed by atoms with Crippen LogP contribution in [0.3, 0.4) is 0 Å². The normalized spacial score (nSPS) is 30.6. The van der Waals surface area contributed by atoms with Gasteiger partial charge in [0, 0.05) is 17.8 Å².